The van der Waals surface area contributed by atoms with Crippen LogP contribution in [0.3, 0.4) is 0 Å². The van der Waals surface area contributed by atoms with Crippen LogP contribution < -0.4 is 15.5 Å². The number of halogens is 3. The molecule has 8 heteroatoms. The van der Waals surface area contributed by atoms with Gasteiger partial charge in [-0.25, -0.2) is 8.78 Å². The van der Waals surface area contributed by atoms with Gasteiger partial charge in [0.25, 0.3) is 11.8 Å². The van der Waals surface area contributed by atoms with Crippen molar-refractivity contribution in [2.75, 3.05) is 25.5 Å². The Bertz CT molecular complexity index is 815. The van der Waals surface area contributed by atoms with Gasteiger partial charge >= 0.3 is 0 Å². The molecular formula is C19H21ClF2N3O2+. The van der Waals surface area contributed by atoms with Gasteiger partial charge in [0, 0.05) is 22.3 Å². The van der Waals surface area contributed by atoms with Crippen molar-refractivity contribution in [3.8, 4) is 0 Å². The zero-order valence-electron chi connectivity index (χ0n) is 15.0. The van der Waals surface area contributed by atoms with E-state index in [1.165, 1.54) is 6.07 Å². The fourth-order valence-corrected chi connectivity index (χ4v) is 2.70. The molecule has 0 aliphatic rings. The molecule has 2 atom stereocenters. The van der Waals surface area contributed by atoms with Crippen molar-refractivity contribution < 1.29 is 23.3 Å². The molecule has 0 aromatic heterocycles. The number of carbonyl (C=O) groups excluding carboxylic acids is 2. The molecule has 5 nitrogen and oxygen atoms in total. The molecule has 27 heavy (non-hydrogen) atoms. The zero-order valence-corrected chi connectivity index (χ0v) is 15.7. The third kappa shape index (κ3) is 6.62. The molecule has 0 saturated heterocycles. The monoisotopic (exact) mass is 396 g/mol. The predicted molar refractivity (Wildman–Crippen MR) is 99.6 cm³/mol. The predicted octanol–water partition coefficient (Wildman–Crippen LogP) is 1.95. The largest absolute Gasteiger partial charge is 0.345 e. The number of anilines is 1. The molecule has 0 heterocycles. The maximum absolute atomic E-state index is 13.8. The summed E-state index contributed by atoms with van der Waals surface area (Å²) in [6.45, 7) is 1.72. The van der Waals surface area contributed by atoms with Crippen LogP contribution in [-0.2, 0) is 9.59 Å². The lowest BCUT2D eigenvalue weighted by Gasteiger charge is -2.17. The first-order valence-electron chi connectivity index (χ1n) is 8.35. The number of hydrogen-bond acceptors (Lipinski definition) is 2. The van der Waals surface area contributed by atoms with Gasteiger partial charge in [-0.05, 0) is 37.3 Å². The second-order valence-corrected chi connectivity index (χ2v) is 6.76. The first-order valence-corrected chi connectivity index (χ1v) is 8.73. The number of nitrogens with one attached hydrogen (secondary N) is 3. The summed E-state index contributed by atoms with van der Waals surface area (Å²) in [5, 5.41) is 5.93. The van der Waals surface area contributed by atoms with E-state index in [0.29, 0.717) is 15.6 Å². The van der Waals surface area contributed by atoms with E-state index in [0.717, 1.165) is 12.1 Å². The standard InChI is InChI=1S/C19H20ClF2N3O2/c1-12(16-8-5-14(21)9-17(16)22)23-18(26)10-25(2)11-19(27)24-15-6-3-13(20)4-7-15/h3-9,12H,10-11H2,1-2H3,(H,23,26)(H,24,27)/p+1/t12-/m1/s1. The molecule has 3 N–H and O–H groups in total. The van der Waals surface area contributed by atoms with Gasteiger partial charge in [0.2, 0.25) is 0 Å². The maximum atomic E-state index is 13.8. The molecule has 0 saturated carbocycles. The van der Waals surface area contributed by atoms with Crippen LogP contribution in [0.1, 0.15) is 18.5 Å². The lowest BCUT2D eigenvalue weighted by Crippen LogP contribution is -3.11. The molecule has 2 aromatic rings. The van der Waals surface area contributed by atoms with Crippen molar-refractivity contribution in [1.82, 2.24) is 5.32 Å². The summed E-state index contributed by atoms with van der Waals surface area (Å²) in [5.41, 5.74) is 0.810. The lowest BCUT2D eigenvalue weighted by atomic mass is 10.1. The van der Waals surface area contributed by atoms with E-state index in [1.807, 2.05) is 0 Å². The van der Waals surface area contributed by atoms with Gasteiger partial charge in [0.05, 0.1) is 13.1 Å². The van der Waals surface area contributed by atoms with Crippen molar-refractivity contribution in [3.63, 3.8) is 0 Å². The van der Waals surface area contributed by atoms with Crippen LogP contribution in [0.2, 0.25) is 5.02 Å². The van der Waals surface area contributed by atoms with Crippen LogP contribution in [0.15, 0.2) is 42.5 Å². The van der Waals surface area contributed by atoms with Crippen LogP contribution in [0.5, 0.6) is 0 Å². The fourth-order valence-electron chi connectivity index (χ4n) is 2.57. The summed E-state index contributed by atoms with van der Waals surface area (Å²) in [6, 6.07) is 9.28. The van der Waals surface area contributed by atoms with Crippen molar-refractivity contribution in [2.24, 2.45) is 0 Å². The first-order chi connectivity index (χ1) is 12.7. The average Bonchev–Trinajstić information content (AvgIpc) is 2.56. The molecule has 0 aliphatic carbocycles. The van der Waals surface area contributed by atoms with Crippen molar-refractivity contribution >= 4 is 29.1 Å². The van der Waals surface area contributed by atoms with Crippen LogP contribution in [0, 0.1) is 11.6 Å². The molecule has 0 fully saturated rings. The van der Waals surface area contributed by atoms with E-state index in [-0.39, 0.29) is 30.5 Å². The Morgan fingerprint density at radius 1 is 1.07 bits per heavy atom. The minimum Gasteiger partial charge on any atom is -0.345 e. The molecule has 0 spiro atoms. The smallest absolute Gasteiger partial charge is 0.279 e. The first kappa shape index (κ1) is 20.8. The van der Waals surface area contributed by atoms with E-state index in [2.05, 4.69) is 10.6 Å². The minimum atomic E-state index is -0.717. The molecule has 2 rings (SSSR count). The molecule has 2 amide bonds. The highest BCUT2D eigenvalue weighted by atomic mass is 35.5. The maximum Gasteiger partial charge on any atom is 0.279 e. The average molecular weight is 397 g/mol. The zero-order chi connectivity index (χ0) is 20.0. The molecule has 1 unspecified atom stereocenters. The molecule has 144 valence electrons. The second-order valence-electron chi connectivity index (χ2n) is 6.32. The van der Waals surface area contributed by atoms with Crippen molar-refractivity contribution in [2.45, 2.75) is 13.0 Å². The Kier molecular flexibility index (Phi) is 7.27. The van der Waals surface area contributed by atoms with Gasteiger partial charge in [-0.2, -0.15) is 0 Å². The third-order valence-corrected chi connectivity index (χ3v) is 4.11. The number of amides is 2. The normalized spacial score (nSPS) is 12.9. The number of hydrogen-bond donors (Lipinski definition) is 3. The number of quaternary nitrogens is 1. The Labute approximate surface area is 161 Å². The van der Waals surface area contributed by atoms with E-state index >= 15 is 0 Å². The van der Waals surface area contributed by atoms with E-state index in [9.17, 15) is 18.4 Å². The van der Waals surface area contributed by atoms with Crippen molar-refractivity contribution in [3.05, 3.63) is 64.7 Å². The van der Waals surface area contributed by atoms with Crippen LogP contribution in [-0.4, -0.2) is 32.0 Å². The molecule has 2 aromatic carbocycles. The third-order valence-electron chi connectivity index (χ3n) is 3.86. The highest BCUT2D eigenvalue weighted by Gasteiger charge is 2.18. The van der Waals surface area contributed by atoms with E-state index in [1.54, 1.807) is 38.2 Å². The summed E-state index contributed by atoms with van der Waals surface area (Å²) in [4.78, 5) is 24.8. The molecule has 0 bridgehead atoms. The molecule has 0 aliphatic heterocycles. The van der Waals surface area contributed by atoms with Crippen molar-refractivity contribution in [1.29, 1.82) is 0 Å². The fraction of sp³-hybridized carbons (Fsp3) is 0.263. The summed E-state index contributed by atoms with van der Waals surface area (Å²) >= 11 is 5.79. The SMILES string of the molecule is C[C@@H](NC(=O)C[NH+](C)CC(=O)Nc1ccc(Cl)cc1)c1ccc(F)cc1F. The number of benzene rings is 2. The second kappa shape index (κ2) is 9.43. The van der Waals surface area contributed by atoms with E-state index < -0.39 is 17.7 Å². The Hall–Kier alpha value is -2.51. The highest BCUT2D eigenvalue weighted by Crippen LogP contribution is 2.17. The number of likely N-dealkylation sites (N-methyl/N-ethyl adjacent to an activating group) is 1. The van der Waals surface area contributed by atoms with Crippen LogP contribution >= 0.6 is 11.6 Å². The summed E-state index contributed by atoms with van der Waals surface area (Å²) in [5.74, 6) is -1.99. The van der Waals surface area contributed by atoms with Gasteiger partial charge in [-0.3, -0.25) is 9.59 Å². The van der Waals surface area contributed by atoms with Gasteiger partial charge in [-0.15, -0.1) is 0 Å². The number of carbonyl (C=O) groups is 2. The van der Waals surface area contributed by atoms with Gasteiger partial charge < -0.3 is 15.5 Å². The summed E-state index contributed by atoms with van der Waals surface area (Å²) in [6.07, 6.45) is 0. The quantitative estimate of drug-likeness (QED) is 0.670. The lowest BCUT2D eigenvalue weighted by molar-refractivity contribution is -0.862. The Morgan fingerprint density at radius 2 is 1.70 bits per heavy atom. The highest BCUT2D eigenvalue weighted by molar-refractivity contribution is 6.30. The summed E-state index contributed by atoms with van der Waals surface area (Å²) < 4.78 is 26.7. The Balaban J connectivity index is 1.82. The summed E-state index contributed by atoms with van der Waals surface area (Å²) in [7, 11) is 1.70. The van der Waals surface area contributed by atoms with Gasteiger partial charge in [0.15, 0.2) is 13.1 Å². The van der Waals surface area contributed by atoms with E-state index in [4.69, 9.17) is 11.6 Å². The topological polar surface area (TPSA) is 62.6 Å². The van der Waals surface area contributed by atoms with Gasteiger partial charge in [0.1, 0.15) is 11.6 Å². The number of rotatable bonds is 7. The van der Waals surface area contributed by atoms with Crippen LogP contribution in [0.4, 0.5) is 14.5 Å². The van der Waals surface area contributed by atoms with Gasteiger partial charge in [-0.1, -0.05) is 17.7 Å². The van der Waals surface area contributed by atoms with Crippen LogP contribution in [0.25, 0.3) is 0 Å². The molecule has 0 radical (unpaired) electrons. The Morgan fingerprint density at radius 3 is 2.33 bits per heavy atom. The minimum absolute atomic E-state index is 0.0290. The molecular weight excluding hydrogens is 376 g/mol.